The highest BCUT2D eigenvalue weighted by Gasteiger charge is 2.36. The molecule has 1 fully saturated rings. The average Bonchev–Trinajstić information content (AvgIpc) is 3.22. The lowest BCUT2D eigenvalue weighted by molar-refractivity contribution is 0.0137. The molecule has 0 spiro atoms. The van der Waals surface area contributed by atoms with E-state index in [2.05, 4.69) is 38.2 Å². The molecule has 0 saturated carbocycles. The van der Waals surface area contributed by atoms with Gasteiger partial charge in [0.1, 0.15) is 11.4 Å². The van der Waals surface area contributed by atoms with Crippen molar-refractivity contribution in [3.63, 3.8) is 0 Å². The van der Waals surface area contributed by atoms with E-state index in [4.69, 9.17) is 4.74 Å². The summed E-state index contributed by atoms with van der Waals surface area (Å²) in [4.78, 5) is 29.0. The summed E-state index contributed by atoms with van der Waals surface area (Å²) < 4.78 is 5.50. The minimum absolute atomic E-state index is 0.196. The number of aryl methyl sites for hydroxylation is 1. The second kappa shape index (κ2) is 7.00. The van der Waals surface area contributed by atoms with Crippen molar-refractivity contribution >= 4 is 23.1 Å². The van der Waals surface area contributed by atoms with Crippen LogP contribution in [-0.4, -0.2) is 69.6 Å². The first-order chi connectivity index (χ1) is 13.3. The summed E-state index contributed by atoms with van der Waals surface area (Å²) in [6.07, 6.45) is -0.244. The number of hydrogen-bond donors (Lipinski definition) is 2. The number of piperazine rings is 1. The van der Waals surface area contributed by atoms with Crippen LogP contribution in [0.15, 0.2) is 23.2 Å². The van der Waals surface area contributed by atoms with Gasteiger partial charge in [0.25, 0.3) is 0 Å². The van der Waals surface area contributed by atoms with Crippen molar-refractivity contribution in [3.8, 4) is 0 Å². The van der Waals surface area contributed by atoms with Gasteiger partial charge in [-0.3, -0.25) is 4.99 Å². The Morgan fingerprint density at radius 1 is 1.36 bits per heavy atom. The van der Waals surface area contributed by atoms with E-state index in [-0.39, 0.29) is 12.1 Å². The molecular formula is C20H28N6O2. The summed E-state index contributed by atoms with van der Waals surface area (Å²) in [5.74, 6) is 1.77. The molecular weight excluding hydrogens is 356 g/mol. The number of aliphatic imine (C=N–C) groups is 1. The fourth-order valence-corrected chi connectivity index (χ4v) is 3.70. The Bertz CT molecular complexity index is 913. The third kappa shape index (κ3) is 3.76. The molecule has 150 valence electrons. The van der Waals surface area contributed by atoms with Gasteiger partial charge in [0.05, 0.1) is 30.2 Å². The number of imidazole rings is 1. The van der Waals surface area contributed by atoms with Crippen LogP contribution in [0.4, 0.5) is 4.79 Å². The highest BCUT2D eigenvalue weighted by atomic mass is 16.6. The van der Waals surface area contributed by atoms with Crippen LogP contribution >= 0.6 is 0 Å². The van der Waals surface area contributed by atoms with Crippen LogP contribution in [0.5, 0.6) is 0 Å². The Morgan fingerprint density at radius 2 is 2.18 bits per heavy atom. The van der Waals surface area contributed by atoms with E-state index >= 15 is 0 Å². The summed E-state index contributed by atoms with van der Waals surface area (Å²) in [6, 6.07) is 6.33. The molecule has 28 heavy (non-hydrogen) atoms. The Balaban J connectivity index is 1.34. The van der Waals surface area contributed by atoms with Gasteiger partial charge < -0.3 is 24.8 Å². The molecule has 4 rings (SSSR count). The highest BCUT2D eigenvalue weighted by Crippen LogP contribution is 2.19. The summed E-state index contributed by atoms with van der Waals surface area (Å²) in [6.45, 7) is 11.0. The second-order valence-corrected chi connectivity index (χ2v) is 8.45. The Hall–Kier alpha value is -2.77. The minimum Gasteiger partial charge on any atom is -0.444 e. The van der Waals surface area contributed by atoms with Gasteiger partial charge in [0.15, 0.2) is 5.96 Å². The van der Waals surface area contributed by atoms with Crippen LogP contribution in [-0.2, 0) is 11.3 Å². The predicted octanol–water partition coefficient (Wildman–Crippen LogP) is 2.25. The van der Waals surface area contributed by atoms with E-state index in [0.717, 1.165) is 34.9 Å². The normalized spacial score (nSPS) is 19.6. The number of nitrogens with one attached hydrogen (secondary N) is 2. The lowest BCUT2D eigenvalue weighted by atomic mass is 10.2. The van der Waals surface area contributed by atoms with Crippen LogP contribution in [0.3, 0.4) is 0 Å². The van der Waals surface area contributed by atoms with Crippen LogP contribution in [0, 0.1) is 6.92 Å². The number of para-hydroxylation sites is 1. The van der Waals surface area contributed by atoms with Crippen molar-refractivity contribution in [2.45, 2.75) is 45.9 Å². The molecule has 1 unspecified atom stereocenters. The minimum atomic E-state index is -0.474. The van der Waals surface area contributed by atoms with Crippen molar-refractivity contribution in [2.75, 3.05) is 26.2 Å². The predicted molar refractivity (Wildman–Crippen MR) is 108 cm³/mol. The first-order valence-corrected chi connectivity index (χ1v) is 9.77. The highest BCUT2D eigenvalue weighted by molar-refractivity contribution is 5.83. The summed E-state index contributed by atoms with van der Waals surface area (Å²) in [7, 11) is 0. The zero-order valence-corrected chi connectivity index (χ0v) is 17.0. The van der Waals surface area contributed by atoms with Gasteiger partial charge in [-0.2, -0.15) is 0 Å². The number of H-pyrrole nitrogens is 1. The quantitative estimate of drug-likeness (QED) is 0.829. The van der Waals surface area contributed by atoms with E-state index in [0.29, 0.717) is 26.2 Å². The molecule has 8 heteroatoms. The number of aromatic nitrogens is 2. The number of hydrogen-bond acceptors (Lipinski definition) is 6. The van der Waals surface area contributed by atoms with Crippen molar-refractivity contribution in [2.24, 2.45) is 4.99 Å². The summed E-state index contributed by atoms with van der Waals surface area (Å²) in [5, 5.41) is 3.41. The molecule has 0 bridgehead atoms. The van der Waals surface area contributed by atoms with Gasteiger partial charge in [-0.05, 0) is 39.3 Å². The number of benzene rings is 1. The first-order valence-electron chi connectivity index (χ1n) is 9.77. The Kier molecular flexibility index (Phi) is 4.64. The number of fused-ring (bicyclic) bond motifs is 2. The van der Waals surface area contributed by atoms with E-state index in [1.807, 2.05) is 32.9 Å². The molecule has 1 saturated heterocycles. The van der Waals surface area contributed by atoms with Gasteiger partial charge in [-0.1, -0.05) is 12.1 Å². The smallest absolute Gasteiger partial charge is 0.410 e. The van der Waals surface area contributed by atoms with Crippen molar-refractivity contribution in [1.82, 2.24) is 25.1 Å². The molecule has 1 aromatic heterocycles. The molecule has 1 aromatic carbocycles. The SMILES string of the molecule is Cc1cccc2[nH]c(CNC3=NCC4CN(C(=O)OC(C)(C)C)CCN34)nc12. The van der Waals surface area contributed by atoms with Crippen molar-refractivity contribution in [1.29, 1.82) is 0 Å². The molecule has 1 atom stereocenters. The average molecular weight is 384 g/mol. The third-order valence-corrected chi connectivity index (χ3v) is 5.04. The molecule has 2 aliphatic heterocycles. The fraction of sp³-hybridized carbons (Fsp3) is 0.550. The van der Waals surface area contributed by atoms with Crippen LogP contribution in [0.25, 0.3) is 11.0 Å². The van der Waals surface area contributed by atoms with E-state index in [1.54, 1.807) is 4.90 Å². The number of amides is 1. The third-order valence-electron chi connectivity index (χ3n) is 5.04. The summed E-state index contributed by atoms with van der Waals surface area (Å²) in [5.41, 5.74) is 2.75. The maximum atomic E-state index is 12.3. The van der Waals surface area contributed by atoms with E-state index in [9.17, 15) is 4.79 Å². The lowest BCUT2D eigenvalue weighted by Crippen LogP contribution is -2.57. The van der Waals surface area contributed by atoms with Gasteiger partial charge >= 0.3 is 6.09 Å². The molecule has 8 nitrogen and oxygen atoms in total. The van der Waals surface area contributed by atoms with Gasteiger partial charge in [0.2, 0.25) is 0 Å². The van der Waals surface area contributed by atoms with Crippen LogP contribution in [0.1, 0.15) is 32.2 Å². The number of rotatable bonds is 2. The molecule has 0 aliphatic carbocycles. The zero-order chi connectivity index (χ0) is 19.9. The maximum absolute atomic E-state index is 12.3. The summed E-state index contributed by atoms with van der Waals surface area (Å²) >= 11 is 0. The first kappa shape index (κ1) is 18.6. The molecule has 1 amide bonds. The standard InChI is InChI=1S/C20H28N6O2/c1-13-6-5-7-15-17(13)24-16(23-15)11-22-18-21-10-14-12-25(8-9-26(14)18)19(27)28-20(2,3)4/h5-7,14H,8-12H2,1-4H3,(H,21,22)(H,23,24). The largest absolute Gasteiger partial charge is 0.444 e. The van der Waals surface area contributed by atoms with Crippen molar-refractivity contribution in [3.05, 3.63) is 29.6 Å². The van der Waals surface area contributed by atoms with Gasteiger partial charge in [0, 0.05) is 19.6 Å². The zero-order valence-electron chi connectivity index (χ0n) is 17.0. The van der Waals surface area contributed by atoms with E-state index in [1.165, 1.54) is 0 Å². The molecule has 2 N–H and O–H groups in total. The Morgan fingerprint density at radius 3 is 2.93 bits per heavy atom. The molecule has 2 aromatic rings. The number of carbonyl (C=O) groups excluding carboxylic acids is 1. The number of guanidine groups is 1. The number of aromatic amines is 1. The molecule has 2 aliphatic rings. The number of carbonyl (C=O) groups is 1. The number of nitrogens with zero attached hydrogens (tertiary/aromatic N) is 4. The maximum Gasteiger partial charge on any atom is 0.410 e. The second-order valence-electron chi connectivity index (χ2n) is 8.45. The van der Waals surface area contributed by atoms with Crippen molar-refractivity contribution < 1.29 is 9.53 Å². The monoisotopic (exact) mass is 384 g/mol. The molecule has 3 heterocycles. The topological polar surface area (TPSA) is 85.8 Å². The van der Waals surface area contributed by atoms with E-state index < -0.39 is 5.60 Å². The van der Waals surface area contributed by atoms with Crippen LogP contribution < -0.4 is 5.32 Å². The molecule has 0 radical (unpaired) electrons. The van der Waals surface area contributed by atoms with Gasteiger partial charge in [-0.15, -0.1) is 0 Å². The van der Waals surface area contributed by atoms with Crippen LogP contribution in [0.2, 0.25) is 0 Å². The Labute approximate surface area is 165 Å². The number of ether oxygens (including phenoxy) is 1. The fourth-order valence-electron chi connectivity index (χ4n) is 3.70. The van der Waals surface area contributed by atoms with Gasteiger partial charge in [-0.25, -0.2) is 9.78 Å². The lowest BCUT2D eigenvalue weighted by Gasteiger charge is -2.39.